The average Bonchev–Trinajstić information content (AvgIpc) is 2.17. The molecule has 0 amide bonds. The van der Waals surface area contributed by atoms with E-state index in [4.69, 9.17) is 10.5 Å². The fourth-order valence-electron chi connectivity index (χ4n) is 1.35. The Balaban J connectivity index is 2.32. The maximum absolute atomic E-state index is 5.93. The van der Waals surface area contributed by atoms with Gasteiger partial charge in [-0.2, -0.15) is 0 Å². The number of nitrogens with two attached hydrogens (primary N) is 1. The first kappa shape index (κ1) is 12.1. The van der Waals surface area contributed by atoms with E-state index in [9.17, 15) is 0 Å². The quantitative estimate of drug-likeness (QED) is 0.805. The first-order valence-electron chi connectivity index (χ1n) is 5.54. The number of aryl methyl sites for hydroxylation is 1. The lowest BCUT2D eigenvalue weighted by molar-refractivity contribution is 0.282. The maximum atomic E-state index is 5.93. The summed E-state index contributed by atoms with van der Waals surface area (Å²) in [6.45, 7) is 7.03. The molecule has 0 aliphatic heterocycles. The lowest BCUT2D eigenvalue weighted by Gasteiger charge is -2.15. The van der Waals surface area contributed by atoms with Crippen LogP contribution in [0.25, 0.3) is 0 Å². The van der Waals surface area contributed by atoms with Crippen molar-refractivity contribution in [3.05, 3.63) is 29.8 Å². The second kappa shape index (κ2) is 5.76. The Kier molecular flexibility index (Phi) is 4.63. The highest BCUT2D eigenvalue weighted by Crippen LogP contribution is 2.13. The van der Waals surface area contributed by atoms with Gasteiger partial charge >= 0.3 is 0 Å². The number of rotatable bonds is 5. The molecule has 0 bridgehead atoms. The molecule has 0 aliphatic rings. The van der Waals surface area contributed by atoms with Crippen LogP contribution in [0.3, 0.4) is 0 Å². The minimum absolute atomic E-state index is 0.231. The van der Waals surface area contributed by atoms with E-state index >= 15 is 0 Å². The topological polar surface area (TPSA) is 35.2 Å². The van der Waals surface area contributed by atoms with Crippen LogP contribution in [0, 0.1) is 12.8 Å². The Morgan fingerprint density at radius 2 is 2.07 bits per heavy atom. The van der Waals surface area contributed by atoms with E-state index in [2.05, 4.69) is 26.8 Å². The van der Waals surface area contributed by atoms with Gasteiger partial charge < -0.3 is 10.5 Å². The number of ether oxygens (including phenoxy) is 1. The summed E-state index contributed by atoms with van der Waals surface area (Å²) >= 11 is 0. The highest BCUT2D eigenvalue weighted by molar-refractivity contribution is 5.27. The molecule has 1 rings (SSSR count). The first-order chi connectivity index (χ1) is 7.09. The summed E-state index contributed by atoms with van der Waals surface area (Å²) in [5.41, 5.74) is 7.15. The molecule has 84 valence electrons. The largest absolute Gasteiger partial charge is 0.494 e. The molecule has 2 nitrogen and oxygen atoms in total. The van der Waals surface area contributed by atoms with E-state index < -0.39 is 0 Å². The molecule has 0 fully saturated rings. The predicted octanol–water partition coefficient (Wildman–Crippen LogP) is 2.75. The smallest absolute Gasteiger partial charge is 0.119 e. The Morgan fingerprint density at radius 3 is 2.67 bits per heavy atom. The van der Waals surface area contributed by atoms with Gasteiger partial charge in [-0.15, -0.1) is 0 Å². The summed E-state index contributed by atoms with van der Waals surface area (Å²) in [6, 6.07) is 8.32. The van der Waals surface area contributed by atoms with Gasteiger partial charge in [0.15, 0.2) is 0 Å². The van der Waals surface area contributed by atoms with Crippen LogP contribution >= 0.6 is 0 Å². The fraction of sp³-hybridized carbons (Fsp3) is 0.538. The van der Waals surface area contributed by atoms with Crippen LogP contribution in [0.4, 0.5) is 0 Å². The standard InChI is InChI=1S/C13H21NO/c1-10(2)13(14)7-8-15-12-6-4-5-11(3)9-12/h4-6,9-10,13H,7-8,14H2,1-3H3. The van der Waals surface area contributed by atoms with Crippen molar-refractivity contribution in [1.82, 2.24) is 0 Å². The van der Waals surface area contributed by atoms with E-state index in [-0.39, 0.29) is 6.04 Å². The third kappa shape index (κ3) is 4.34. The molecule has 1 aromatic rings. The first-order valence-corrected chi connectivity index (χ1v) is 5.54. The molecule has 2 N–H and O–H groups in total. The summed E-state index contributed by atoms with van der Waals surface area (Å²) in [4.78, 5) is 0. The minimum Gasteiger partial charge on any atom is -0.494 e. The van der Waals surface area contributed by atoms with Crippen molar-refractivity contribution >= 4 is 0 Å². The van der Waals surface area contributed by atoms with E-state index in [1.807, 2.05) is 18.2 Å². The van der Waals surface area contributed by atoms with Crippen molar-refractivity contribution in [3.8, 4) is 5.75 Å². The van der Waals surface area contributed by atoms with Gasteiger partial charge in [0.25, 0.3) is 0 Å². The maximum Gasteiger partial charge on any atom is 0.119 e. The Morgan fingerprint density at radius 1 is 1.33 bits per heavy atom. The highest BCUT2D eigenvalue weighted by atomic mass is 16.5. The van der Waals surface area contributed by atoms with Gasteiger partial charge in [0.2, 0.25) is 0 Å². The molecule has 0 aliphatic carbocycles. The van der Waals surface area contributed by atoms with Gasteiger partial charge in [0.05, 0.1) is 6.61 Å². The van der Waals surface area contributed by atoms with Crippen LogP contribution in [-0.2, 0) is 0 Å². The molecule has 2 heteroatoms. The summed E-state index contributed by atoms with van der Waals surface area (Å²) < 4.78 is 5.63. The lowest BCUT2D eigenvalue weighted by Crippen LogP contribution is -2.28. The minimum atomic E-state index is 0.231. The zero-order valence-corrected chi connectivity index (χ0v) is 9.86. The molecule has 0 saturated carbocycles. The van der Waals surface area contributed by atoms with Crippen molar-refractivity contribution in [3.63, 3.8) is 0 Å². The SMILES string of the molecule is Cc1cccc(OCCC(N)C(C)C)c1. The highest BCUT2D eigenvalue weighted by Gasteiger charge is 2.07. The third-order valence-electron chi connectivity index (χ3n) is 2.57. The second-order valence-electron chi connectivity index (χ2n) is 4.36. The van der Waals surface area contributed by atoms with E-state index in [1.165, 1.54) is 5.56 Å². The average molecular weight is 207 g/mol. The van der Waals surface area contributed by atoms with Crippen molar-refractivity contribution in [2.24, 2.45) is 11.7 Å². The van der Waals surface area contributed by atoms with Crippen LogP contribution in [0.2, 0.25) is 0 Å². The Labute approximate surface area is 92.4 Å². The molecular weight excluding hydrogens is 186 g/mol. The van der Waals surface area contributed by atoms with E-state index in [0.717, 1.165) is 12.2 Å². The Hall–Kier alpha value is -1.02. The van der Waals surface area contributed by atoms with Crippen LogP contribution in [0.5, 0.6) is 5.75 Å². The van der Waals surface area contributed by atoms with Crippen molar-refractivity contribution < 1.29 is 4.74 Å². The fourth-order valence-corrected chi connectivity index (χ4v) is 1.35. The summed E-state index contributed by atoms with van der Waals surface area (Å²) in [5.74, 6) is 1.46. The zero-order valence-electron chi connectivity index (χ0n) is 9.86. The number of hydrogen-bond acceptors (Lipinski definition) is 2. The van der Waals surface area contributed by atoms with Gasteiger partial charge in [-0.3, -0.25) is 0 Å². The molecule has 15 heavy (non-hydrogen) atoms. The number of hydrogen-bond donors (Lipinski definition) is 1. The summed E-state index contributed by atoms with van der Waals surface area (Å²) in [7, 11) is 0. The van der Waals surface area contributed by atoms with Crippen molar-refractivity contribution in [2.75, 3.05) is 6.61 Å². The summed E-state index contributed by atoms with van der Waals surface area (Å²) in [5, 5.41) is 0. The van der Waals surface area contributed by atoms with Crippen LogP contribution < -0.4 is 10.5 Å². The van der Waals surface area contributed by atoms with Crippen molar-refractivity contribution in [1.29, 1.82) is 0 Å². The van der Waals surface area contributed by atoms with E-state index in [1.54, 1.807) is 0 Å². The molecule has 0 saturated heterocycles. The van der Waals surface area contributed by atoms with Gasteiger partial charge in [0, 0.05) is 6.04 Å². The zero-order chi connectivity index (χ0) is 11.3. The monoisotopic (exact) mass is 207 g/mol. The molecule has 1 atom stereocenters. The molecule has 1 unspecified atom stereocenters. The third-order valence-corrected chi connectivity index (χ3v) is 2.57. The Bertz CT molecular complexity index is 296. The number of benzene rings is 1. The normalized spacial score (nSPS) is 12.9. The predicted molar refractivity (Wildman–Crippen MR) is 64.1 cm³/mol. The molecular formula is C13H21NO. The molecule has 1 aromatic carbocycles. The lowest BCUT2D eigenvalue weighted by atomic mass is 10.0. The van der Waals surface area contributed by atoms with Gasteiger partial charge in [-0.1, -0.05) is 26.0 Å². The van der Waals surface area contributed by atoms with Crippen molar-refractivity contribution in [2.45, 2.75) is 33.2 Å². The van der Waals surface area contributed by atoms with Gasteiger partial charge in [-0.25, -0.2) is 0 Å². The van der Waals surface area contributed by atoms with Crippen LogP contribution in [-0.4, -0.2) is 12.6 Å². The molecule has 0 radical (unpaired) electrons. The van der Waals surface area contributed by atoms with Gasteiger partial charge in [0.1, 0.15) is 5.75 Å². The molecule has 0 aromatic heterocycles. The molecule has 0 heterocycles. The molecule has 0 spiro atoms. The van der Waals surface area contributed by atoms with Crippen LogP contribution in [0.15, 0.2) is 24.3 Å². The second-order valence-corrected chi connectivity index (χ2v) is 4.36. The van der Waals surface area contributed by atoms with Gasteiger partial charge in [-0.05, 0) is 37.0 Å². The van der Waals surface area contributed by atoms with E-state index in [0.29, 0.717) is 12.5 Å². The van der Waals surface area contributed by atoms with Crippen LogP contribution in [0.1, 0.15) is 25.8 Å². The summed E-state index contributed by atoms with van der Waals surface area (Å²) in [6.07, 6.45) is 0.908.